The first-order chi connectivity index (χ1) is 10.0. The molecule has 0 atom stereocenters. The van der Waals surface area contributed by atoms with E-state index in [1.54, 1.807) is 12.1 Å². The van der Waals surface area contributed by atoms with Gasteiger partial charge in [-0.2, -0.15) is 0 Å². The second-order valence-electron chi connectivity index (χ2n) is 4.08. The molecule has 0 radical (unpaired) electrons. The number of nitro groups is 1. The van der Waals surface area contributed by atoms with Crippen LogP contribution in [0.5, 0.6) is 17.2 Å². The van der Waals surface area contributed by atoms with Gasteiger partial charge in [0.25, 0.3) is 5.69 Å². The molecule has 0 spiro atoms. The van der Waals surface area contributed by atoms with Crippen LogP contribution >= 0.6 is 27.5 Å². The molecule has 21 heavy (non-hydrogen) atoms. The second-order valence-corrected chi connectivity index (χ2v) is 5.26. The highest BCUT2D eigenvalue weighted by molar-refractivity contribution is 9.10. The Morgan fingerprint density at radius 1 is 1.19 bits per heavy atom. The molecule has 110 valence electrons. The molecule has 7 heteroatoms. The number of methoxy groups -OCH3 is 1. The van der Waals surface area contributed by atoms with Gasteiger partial charge < -0.3 is 9.47 Å². The lowest BCUT2D eigenvalue weighted by atomic mass is 10.2. The van der Waals surface area contributed by atoms with Crippen molar-refractivity contribution < 1.29 is 14.4 Å². The standard InChI is InChI=1S/C14H11BrClNO4/c1-20-13-5-3-11(17(18)19)7-14(13)21-12-4-2-10(15)6-9(12)8-16/h2-7H,8H2,1H3. The molecule has 2 aromatic carbocycles. The molecular formula is C14H11BrClNO4. The van der Waals surface area contributed by atoms with E-state index < -0.39 is 4.92 Å². The van der Waals surface area contributed by atoms with Gasteiger partial charge in [0.05, 0.1) is 24.0 Å². The van der Waals surface area contributed by atoms with Crippen LogP contribution in [0, 0.1) is 10.1 Å². The summed E-state index contributed by atoms with van der Waals surface area (Å²) >= 11 is 9.24. The number of ether oxygens (including phenoxy) is 2. The van der Waals surface area contributed by atoms with Gasteiger partial charge >= 0.3 is 0 Å². The van der Waals surface area contributed by atoms with Crippen molar-refractivity contribution in [1.82, 2.24) is 0 Å². The van der Waals surface area contributed by atoms with E-state index in [0.717, 1.165) is 10.0 Å². The van der Waals surface area contributed by atoms with Crippen molar-refractivity contribution in [2.75, 3.05) is 7.11 Å². The third-order valence-electron chi connectivity index (χ3n) is 2.74. The molecule has 5 nitrogen and oxygen atoms in total. The van der Waals surface area contributed by atoms with Crippen LogP contribution < -0.4 is 9.47 Å². The van der Waals surface area contributed by atoms with Crippen molar-refractivity contribution in [3.05, 3.63) is 56.5 Å². The summed E-state index contributed by atoms with van der Waals surface area (Å²) in [6, 6.07) is 9.53. The Hall–Kier alpha value is -1.79. The SMILES string of the molecule is COc1ccc([N+](=O)[O-])cc1Oc1ccc(Br)cc1CCl. The van der Waals surface area contributed by atoms with Gasteiger partial charge in [-0.25, -0.2) is 0 Å². The predicted octanol–water partition coefficient (Wildman–Crippen LogP) is 4.90. The quantitative estimate of drug-likeness (QED) is 0.425. The van der Waals surface area contributed by atoms with Crippen LogP contribution in [0.3, 0.4) is 0 Å². The highest BCUT2D eigenvalue weighted by Crippen LogP contribution is 2.36. The molecule has 0 bridgehead atoms. The zero-order valence-electron chi connectivity index (χ0n) is 11.0. The van der Waals surface area contributed by atoms with Gasteiger partial charge in [0.2, 0.25) is 0 Å². The van der Waals surface area contributed by atoms with Crippen LogP contribution in [-0.2, 0) is 5.88 Å². The first-order valence-corrected chi connectivity index (χ1v) is 7.22. The van der Waals surface area contributed by atoms with E-state index >= 15 is 0 Å². The Kier molecular flexibility index (Phi) is 5.03. The van der Waals surface area contributed by atoms with Gasteiger partial charge in [0.1, 0.15) is 5.75 Å². The normalized spacial score (nSPS) is 10.2. The van der Waals surface area contributed by atoms with Gasteiger partial charge in [-0.3, -0.25) is 10.1 Å². The van der Waals surface area contributed by atoms with Crippen LogP contribution in [0.25, 0.3) is 0 Å². The second kappa shape index (κ2) is 6.78. The minimum atomic E-state index is -0.490. The highest BCUT2D eigenvalue weighted by Gasteiger charge is 2.14. The van der Waals surface area contributed by atoms with E-state index in [0.29, 0.717) is 11.5 Å². The molecule has 0 saturated carbocycles. The van der Waals surface area contributed by atoms with Crippen LogP contribution in [0.4, 0.5) is 5.69 Å². The number of nitrogens with zero attached hydrogens (tertiary/aromatic N) is 1. The van der Waals surface area contributed by atoms with Crippen molar-refractivity contribution in [1.29, 1.82) is 0 Å². The molecule has 0 saturated heterocycles. The summed E-state index contributed by atoms with van der Waals surface area (Å²) in [5, 5.41) is 10.9. The highest BCUT2D eigenvalue weighted by atomic mass is 79.9. The van der Waals surface area contributed by atoms with Gasteiger partial charge in [-0.05, 0) is 24.3 Å². The fourth-order valence-corrected chi connectivity index (χ4v) is 2.35. The van der Waals surface area contributed by atoms with E-state index in [1.165, 1.54) is 25.3 Å². The Balaban J connectivity index is 2.42. The van der Waals surface area contributed by atoms with Gasteiger partial charge in [-0.1, -0.05) is 15.9 Å². The molecule has 0 fully saturated rings. The third kappa shape index (κ3) is 3.65. The van der Waals surface area contributed by atoms with E-state index in [4.69, 9.17) is 21.1 Å². The number of nitro benzene ring substituents is 1. The fourth-order valence-electron chi connectivity index (χ4n) is 1.73. The maximum Gasteiger partial charge on any atom is 0.273 e. The van der Waals surface area contributed by atoms with Crippen LogP contribution in [0.1, 0.15) is 5.56 Å². The van der Waals surface area contributed by atoms with Gasteiger partial charge in [0.15, 0.2) is 11.5 Å². The number of rotatable bonds is 5. The molecule has 0 amide bonds. The van der Waals surface area contributed by atoms with Crippen LogP contribution in [0.15, 0.2) is 40.9 Å². The summed E-state index contributed by atoms with van der Waals surface area (Å²) in [6.45, 7) is 0. The van der Waals surface area contributed by atoms with Gasteiger partial charge in [-0.15, -0.1) is 11.6 Å². The maximum atomic E-state index is 10.9. The summed E-state index contributed by atoms with van der Waals surface area (Å²) in [5.74, 6) is 1.45. The topological polar surface area (TPSA) is 61.6 Å². The number of non-ortho nitro benzene ring substituents is 1. The average Bonchev–Trinajstić information content (AvgIpc) is 2.48. The Bertz CT molecular complexity index is 678. The summed E-state index contributed by atoms with van der Waals surface area (Å²) in [6.07, 6.45) is 0. The number of hydrogen-bond donors (Lipinski definition) is 0. The zero-order valence-corrected chi connectivity index (χ0v) is 13.3. The fraction of sp³-hybridized carbons (Fsp3) is 0.143. The van der Waals surface area contributed by atoms with Crippen molar-refractivity contribution in [3.8, 4) is 17.2 Å². The van der Waals surface area contributed by atoms with E-state index in [-0.39, 0.29) is 17.3 Å². The lowest BCUT2D eigenvalue weighted by Crippen LogP contribution is -1.95. The maximum absolute atomic E-state index is 10.9. The first-order valence-electron chi connectivity index (χ1n) is 5.90. The summed E-state index contributed by atoms with van der Waals surface area (Å²) in [5.41, 5.74) is 0.690. The molecular weight excluding hydrogens is 362 g/mol. The molecule has 0 heterocycles. The number of halogens is 2. The van der Waals surface area contributed by atoms with E-state index in [2.05, 4.69) is 15.9 Å². The van der Waals surface area contributed by atoms with Crippen LogP contribution in [0.2, 0.25) is 0 Å². The Morgan fingerprint density at radius 2 is 1.90 bits per heavy atom. The molecule has 0 unspecified atom stereocenters. The summed E-state index contributed by atoms with van der Waals surface area (Å²) in [4.78, 5) is 10.4. The number of hydrogen-bond acceptors (Lipinski definition) is 4. The molecule has 0 aliphatic heterocycles. The summed E-state index contributed by atoms with van der Waals surface area (Å²) < 4.78 is 11.8. The number of benzene rings is 2. The molecule has 0 aromatic heterocycles. The molecule has 0 aliphatic carbocycles. The predicted molar refractivity (Wildman–Crippen MR) is 83.4 cm³/mol. The first kappa shape index (κ1) is 15.6. The third-order valence-corrected chi connectivity index (χ3v) is 3.53. The molecule has 0 N–H and O–H groups in total. The van der Waals surface area contributed by atoms with Crippen molar-refractivity contribution in [2.45, 2.75) is 5.88 Å². The minimum Gasteiger partial charge on any atom is -0.493 e. The van der Waals surface area contributed by atoms with Crippen molar-refractivity contribution in [2.24, 2.45) is 0 Å². The average molecular weight is 373 g/mol. The van der Waals surface area contributed by atoms with E-state index in [9.17, 15) is 10.1 Å². The molecule has 2 aromatic rings. The largest absolute Gasteiger partial charge is 0.493 e. The zero-order chi connectivity index (χ0) is 15.4. The number of alkyl halides is 1. The lowest BCUT2D eigenvalue weighted by molar-refractivity contribution is -0.384. The Labute approximate surface area is 134 Å². The smallest absolute Gasteiger partial charge is 0.273 e. The lowest BCUT2D eigenvalue weighted by Gasteiger charge is -2.12. The molecule has 2 rings (SSSR count). The summed E-state index contributed by atoms with van der Waals surface area (Å²) in [7, 11) is 1.47. The van der Waals surface area contributed by atoms with Crippen LogP contribution in [-0.4, -0.2) is 12.0 Å². The van der Waals surface area contributed by atoms with Crippen molar-refractivity contribution >= 4 is 33.2 Å². The van der Waals surface area contributed by atoms with Crippen molar-refractivity contribution in [3.63, 3.8) is 0 Å². The molecule has 0 aliphatic rings. The van der Waals surface area contributed by atoms with Gasteiger partial charge in [0, 0.05) is 16.1 Å². The minimum absolute atomic E-state index is 0.0738. The monoisotopic (exact) mass is 371 g/mol. The van der Waals surface area contributed by atoms with E-state index in [1.807, 2.05) is 6.07 Å². The Morgan fingerprint density at radius 3 is 2.52 bits per heavy atom.